The first kappa shape index (κ1) is 11.3. The van der Waals surface area contributed by atoms with E-state index in [1.54, 1.807) is 14.2 Å². The van der Waals surface area contributed by atoms with Gasteiger partial charge in [-0.15, -0.1) is 6.42 Å². The smallest absolute Gasteiger partial charge is 0.145 e. The van der Waals surface area contributed by atoms with Crippen molar-refractivity contribution in [3.63, 3.8) is 0 Å². The van der Waals surface area contributed by atoms with Crippen molar-refractivity contribution in [3.05, 3.63) is 18.2 Å². The van der Waals surface area contributed by atoms with Crippen molar-refractivity contribution in [2.75, 3.05) is 19.5 Å². The highest BCUT2D eigenvalue weighted by Gasteiger charge is 2.06. The molecule has 0 amide bonds. The van der Waals surface area contributed by atoms with E-state index >= 15 is 0 Å². The summed E-state index contributed by atoms with van der Waals surface area (Å²) in [5.41, 5.74) is 0.865. The maximum atomic E-state index is 5.29. The molecule has 0 aliphatic carbocycles. The van der Waals surface area contributed by atoms with Gasteiger partial charge in [-0.05, 0) is 19.1 Å². The molecule has 0 aromatic heterocycles. The second-order valence-electron chi connectivity index (χ2n) is 3.10. The maximum Gasteiger partial charge on any atom is 0.145 e. The van der Waals surface area contributed by atoms with Crippen LogP contribution in [0.15, 0.2) is 18.2 Å². The van der Waals surface area contributed by atoms with Crippen LogP contribution < -0.4 is 14.8 Å². The van der Waals surface area contributed by atoms with Gasteiger partial charge in [-0.2, -0.15) is 0 Å². The van der Waals surface area contributed by atoms with E-state index in [-0.39, 0.29) is 6.04 Å². The highest BCUT2D eigenvalue weighted by Crippen LogP contribution is 2.29. The summed E-state index contributed by atoms with van der Waals surface area (Å²) in [6, 6.07) is 5.51. The summed E-state index contributed by atoms with van der Waals surface area (Å²) < 4.78 is 10.3. The Hall–Kier alpha value is -1.82. The second kappa shape index (κ2) is 5.16. The molecule has 0 spiro atoms. The average Bonchev–Trinajstić information content (AvgIpc) is 2.29. The molecule has 1 N–H and O–H groups in total. The number of hydrogen-bond donors (Lipinski definition) is 1. The molecule has 0 bridgehead atoms. The van der Waals surface area contributed by atoms with E-state index in [9.17, 15) is 0 Å². The zero-order valence-electron chi connectivity index (χ0n) is 9.20. The second-order valence-corrected chi connectivity index (χ2v) is 3.10. The zero-order valence-corrected chi connectivity index (χ0v) is 9.20. The van der Waals surface area contributed by atoms with E-state index < -0.39 is 0 Å². The zero-order chi connectivity index (χ0) is 11.3. The van der Waals surface area contributed by atoms with E-state index in [1.807, 2.05) is 25.1 Å². The van der Waals surface area contributed by atoms with Crippen LogP contribution in [0.5, 0.6) is 11.5 Å². The number of methoxy groups -OCH3 is 2. The molecule has 80 valence electrons. The predicted octanol–water partition coefficient (Wildman–Crippen LogP) is 2.14. The minimum Gasteiger partial charge on any atom is -0.497 e. The quantitative estimate of drug-likeness (QED) is 0.764. The largest absolute Gasteiger partial charge is 0.497 e. The van der Waals surface area contributed by atoms with Gasteiger partial charge in [0.2, 0.25) is 0 Å². The van der Waals surface area contributed by atoms with E-state index in [2.05, 4.69) is 11.2 Å². The Morgan fingerprint density at radius 2 is 2.07 bits per heavy atom. The van der Waals surface area contributed by atoms with Crippen molar-refractivity contribution in [3.8, 4) is 23.8 Å². The Bertz CT molecular complexity index is 368. The third kappa shape index (κ3) is 2.81. The lowest BCUT2D eigenvalue weighted by molar-refractivity contribution is 0.395. The fourth-order valence-electron chi connectivity index (χ4n) is 1.19. The van der Waals surface area contributed by atoms with Gasteiger partial charge in [0.15, 0.2) is 0 Å². The normalized spacial score (nSPS) is 11.3. The molecule has 0 aliphatic heterocycles. The van der Waals surface area contributed by atoms with Crippen molar-refractivity contribution in [2.24, 2.45) is 0 Å². The summed E-state index contributed by atoms with van der Waals surface area (Å²) in [5, 5.41) is 3.15. The van der Waals surface area contributed by atoms with Crippen LogP contribution in [0.4, 0.5) is 5.69 Å². The third-order valence-electron chi connectivity index (χ3n) is 2.03. The van der Waals surface area contributed by atoms with Gasteiger partial charge in [0.1, 0.15) is 11.5 Å². The fourth-order valence-corrected chi connectivity index (χ4v) is 1.19. The minimum atomic E-state index is -0.0349. The molecule has 3 heteroatoms. The summed E-state index contributed by atoms with van der Waals surface area (Å²) in [5.74, 6) is 4.07. The van der Waals surface area contributed by atoms with Crippen LogP contribution in [0.3, 0.4) is 0 Å². The molecule has 0 fully saturated rings. The molecule has 3 nitrogen and oxygen atoms in total. The topological polar surface area (TPSA) is 30.5 Å². The van der Waals surface area contributed by atoms with Gasteiger partial charge in [-0.3, -0.25) is 0 Å². The van der Waals surface area contributed by atoms with Crippen molar-refractivity contribution >= 4 is 5.69 Å². The molecule has 0 saturated carbocycles. The van der Waals surface area contributed by atoms with Crippen LogP contribution >= 0.6 is 0 Å². The van der Waals surface area contributed by atoms with Crippen LogP contribution in [0, 0.1) is 12.3 Å². The molecular weight excluding hydrogens is 190 g/mol. The number of hydrogen-bond acceptors (Lipinski definition) is 3. The van der Waals surface area contributed by atoms with Gasteiger partial charge in [0.25, 0.3) is 0 Å². The van der Waals surface area contributed by atoms with E-state index in [1.165, 1.54) is 0 Å². The molecule has 0 saturated heterocycles. The SMILES string of the molecule is C#CC(C)Nc1ccc(OC)cc1OC. The maximum absolute atomic E-state index is 5.29. The lowest BCUT2D eigenvalue weighted by Crippen LogP contribution is -2.12. The predicted molar refractivity (Wildman–Crippen MR) is 61.5 cm³/mol. The van der Waals surface area contributed by atoms with Gasteiger partial charge in [-0.25, -0.2) is 0 Å². The Balaban J connectivity index is 2.93. The average molecular weight is 205 g/mol. The Labute approximate surface area is 90.4 Å². The standard InChI is InChI=1S/C12H15NO2/c1-5-9(2)13-11-7-6-10(14-3)8-12(11)15-4/h1,6-9,13H,2-4H3. The first-order chi connectivity index (χ1) is 7.21. The van der Waals surface area contributed by atoms with Crippen molar-refractivity contribution in [2.45, 2.75) is 13.0 Å². The van der Waals surface area contributed by atoms with Gasteiger partial charge in [-0.1, -0.05) is 5.92 Å². The van der Waals surface area contributed by atoms with E-state index in [0.29, 0.717) is 0 Å². The van der Waals surface area contributed by atoms with Gasteiger partial charge in [0.05, 0.1) is 25.9 Å². The lowest BCUT2D eigenvalue weighted by Gasteiger charge is -2.14. The number of benzene rings is 1. The highest BCUT2D eigenvalue weighted by atomic mass is 16.5. The summed E-state index contributed by atoms with van der Waals surface area (Å²) in [6.07, 6.45) is 5.29. The fraction of sp³-hybridized carbons (Fsp3) is 0.333. The van der Waals surface area contributed by atoms with Crippen LogP contribution in [-0.4, -0.2) is 20.3 Å². The molecule has 1 aromatic rings. The molecule has 1 aromatic carbocycles. The molecular formula is C12H15NO2. The number of nitrogens with one attached hydrogen (secondary N) is 1. The third-order valence-corrected chi connectivity index (χ3v) is 2.03. The van der Waals surface area contributed by atoms with E-state index in [0.717, 1.165) is 17.2 Å². The molecule has 1 rings (SSSR count). The molecule has 0 heterocycles. The minimum absolute atomic E-state index is 0.0349. The molecule has 1 unspecified atom stereocenters. The first-order valence-electron chi connectivity index (χ1n) is 4.66. The summed E-state index contributed by atoms with van der Waals surface area (Å²) >= 11 is 0. The molecule has 1 atom stereocenters. The summed E-state index contributed by atoms with van der Waals surface area (Å²) in [4.78, 5) is 0. The molecule has 0 radical (unpaired) electrons. The van der Waals surface area contributed by atoms with Crippen LogP contribution in [-0.2, 0) is 0 Å². The van der Waals surface area contributed by atoms with E-state index in [4.69, 9.17) is 15.9 Å². The first-order valence-corrected chi connectivity index (χ1v) is 4.66. The Kier molecular flexibility index (Phi) is 3.87. The van der Waals surface area contributed by atoms with Gasteiger partial charge < -0.3 is 14.8 Å². The monoisotopic (exact) mass is 205 g/mol. The number of ether oxygens (including phenoxy) is 2. The lowest BCUT2D eigenvalue weighted by atomic mass is 10.2. The highest BCUT2D eigenvalue weighted by molar-refractivity contribution is 5.60. The summed E-state index contributed by atoms with van der Waals surface area (Å²) in [6.45, 7) is 1.91. The van der Waals surface area contributed by atoms with Crippen LogP contribution in [0.1, 0.15) is 6.92 Å². The number of anilines is 1. The van der Waals surface area contributed by atoms with Crippen LogP contribution in [0.25, 0.3) is 0 Å². The van der Waals surface area contributed by atoms with Gasteiger partial charge >= 0.3 is 0 Å². The van der Waals surface area contributed by atoms with Crippen molar-refractivity contribution < 1.29 is 9.47 Å². The Morgan fingerprint density at radius 1 is 1.33 bits per heavy atom. The molecule has 15 heavy (non-hydrogen) atoms. The van der Waals surface area contributed by atoms with Crippen LogP contribution in [0.2, 0.25) is 0 Å². The molecule has 0 aliphatic rings. The summed E-state index contributed by atoms with van der Waals surface area (Å²) in [7, 11) is 3.23. The van der Waals surface area contributed by atoms with Gasteiger partial charge in [0, 0.05) is 6.07 Å². The Morgan fingerprint density at radius 3 is 2.60 bits per heavy atom. The van der Waals surface area contributed by atoms with Crippen molar-refractivity contribution in [1.29, 1.82) is 0 Å². The number of rotatable bonds is 4. The van der Waals surface area contributed by atoms with Crippen molar-refractivity contribution in [1.82, 2.24) is 0 Å². The number of terminal acetylenes is 1.